The summed E-state index contributed by atoms with van der Waals surface area (Å²) < 4.78 is 7.72. The van der Waals surface area contributed by atoms with E-state index in [9.17, 15) is 9.59 Å². The van der Waals surface area contributed by atoms with Gasteiger partial charge in [0.25, 0.3) is 5.91 Å². The van der Waals surface area contributed by atoms with Crippen LogP contribution in [0.2, 0.25) is 0 Å². The van der Waals surface area contributed by atoms with Crippen molar-refractivity contribution >= 4 is 51.9 Å². The molecule has 1 aromatic carbocycles. The molecular formula is C34H39N3O3S2. The standard InChI is InChI=1S/C34H39N3O3S2/c1-5-40-33(39)30-26-16-10-12-18-28(26)41-32(30)36-22(3)19-24(23(36)4)20-29-31(38)37(27-17-11-9-13-21(27)2)34(42-29)35-25-14-7-6-8-15-25/h6-8,14-15,19-21,27H,5,9-13,16-18H2,1-4H3/b29-20-,35-34?/t21-,27-/m0/s1. The predicted molar refractivity (Wildman–Crippen MR) is 173 cm³/mol. The Morgan fingerprint density at radius 2 is 1.86 bits per heavy atom. The minimum Gasteiger partial charge on any atom is -0.462 e. The van der Waals surface area contributed by atoms with Crippen LogP contribution in [0.25, 0.3) is 11.1 Å². The van der Waals surface area contributed by atoms with Gasteiger partial charge in [0.05, 0.1) is 22.8 Å². The number of amidine groups is 1. The summed E-state index contributed by atoms with van der Waals surface area (Å²) in [4.78, 5) is 36.2. The Labute approximate surface area is 256 Å². The molecule has 220 valence electrons. The third-order valence-electron chi connectivity index (χ3n) is 8.81. The average molecular weight is 602 g/mol. The summed E-state index contributed by atoms with van der Waals surface area (Å²) in [6.07, 6.45) is 10.7. The van der Waals surface area contributed by atoms with Crippen LogP contribution in [-0.4, -0.2) is 39.2 Å². The van der Waals surface area contributed by atoms with Gasteiger partial charge in [0.2, 0.25) is 0 Å². The Balaban J connectivity index is 1.40. The Kier molecular flexibility index (Phi) is 8.46. The molecule has 1 amide bonds. The van der Waals surface area contributed by atoms with Gasteiger partial charge in [0.1, 0.15) is 5.00 Å². The number of aryl methyl sites for hydroxylation is 2. The molecule has 2 atom stereocenters. The number of benzene rings is 1. The second kappa shape index (κ2) is 12.3. The number of aliphatic imine (C=N–C) groups is 1. The summed E-state index contributed by atoms with van der Waals surface area (Å²) in [5.41, 5.74) is 5.78. The molecule has 1 saturated carbocycles. The third kappa shape index (κ3) is 5.39. The molecule has 3 aromatic rings. The van der Waals surface area contributed by atoms with Gasteiger partial charge in [-0.15, -0.1) is 11.3 Å². The van der Waals surface area contributed by atoms with E-state index in [-0.39, 0.29) is 17.9 Å². The Hall–Kier alpha value is -3.10. The summed E-state index contributed by atoms with van der Waals surface area (Å²) in [5.74, 6) is 0.233. The number of esters is 1. The van der Waals surface area contributed by atoms with E-state index < -0.39 is 0 Å². The second-order valence-electron chi connectivity index (χ2n) is 11.6. The first-order valence-electron chi connectivity index (χ1n) is 15.2. The van der Waals surface area contributed by atoms with Crippen molar-refractivity contribution in [2.24, 2.45) is 10.9 Å². The first-order valence-corrected chi connectivity index (χ1v) is 16.9. The number of hydrogen-bond donors (Lipinski definition) is 0. The van der Waals surface area contributed by atoms with Gasteiger partial charge < -0.3 is 9.30 Å². The van der Waals surface area contributed by atoms with Gasteiger partial charge in [-0.05, 0) is 112 Å². The molecule has 0 spiro atoms. The zero-order valence-electron chi connectivity index (χ0n) is 24.9. The monoisotopic (exact) mass is 601 g/mol. The van der Waals surface area contributed by atoms with Crippen molar-refractivity contribution in [2.45, 2.75) is 85.1 Å². The predicted octanol–water partition coefficient (Wildman–Crippen LogP) is 8.39. The van der Waals surface area contributed by atoms with E-state index in [4.69, 9.17) is 9.73 Å². The summed E-state index contributed by atoms with van der Waals surface area (Å²) in [7, 11) is 0. The minimum atomic E-state index is -0.236. The summed E-state index contributed by atoms with van der Waals surface area (Å²) in [6, 6.07) is 12.2. The molecule has 2 aliphatic carbocycles. The molecule has 1 saturated heterocycles. The van der Waals surface area contributed by atoms with Crippen molar-refractivity contribution in [3.05, 3.63) is 74.3 Å². The van der Waals surface area contributed by atoms with Crippen LogP contribution in [0.4, 0.5) is 5.69 Å². The summed E-state index contributed by atoms with van der Waals surface area (Å²) in [5, 5.41) is 1.70. The van der Waals surface area contributed by atoms with E-state index in [1.807, 2.05) is 48.2 Å². The Morgan fingerprint density at radius 1 is 1.10 bits per heavy atom. The molecule has 6 rings (SSSR count). The maximum atomic E-state index is 14.1. The Morgan fingerprint density at radius 3 is 2.62 bits per heavy atom. The van der Waals surface area contributed by atoms with Crippen LogP contribution < -0.4 is 0 Å². The smallest absolute Gasteiger partial charge is 0.341 e. The number of nitrogens with zero attached hydrogens (tertiary/aromatic N) is 3. The summed E-state index contributed by atoms with van der Waals surface area (Å²) in [6.45, 7) is 8.63. The topological polar surface area (TPSA) is 63.9 Å². The number of para-hydroxylation sites is 1. The third-order valence-corrected chi connectivity index (χ3v) is 11.1. The molecule has 6 nitrogen and oxygen atoms in total. The van der Waals surface area contributed by atoms with Crippen LogP contribution in [0, 0.1) is 19.8 Å². The van der Waals surface area contributed by atoms with Crippen LogP contribution in [0.15, 0.2) is 46.3 Å². The van der Waals surface area contributed by atoms with E-state index in [0.717, 1.165) is 88.9 Å². The largest absolute Gasteiger partial charge is 0.462 e. The number of amides is 1. The number of thiophene rings is 1. The fourth-order valence-corrected chi connectivity index (χ4v) is 9.18. The first kappa shape index (κ1) is 29.0. The molecule has 1 aliphatic heterocycles. The van der Waals surface area contributed by atoms with E-state index in [1.54, 1.807) is 11.3 Å². The van der Waals surface area contributed by atoms with E-state index in [1.165, 1.54) is 23.1 Å². The van der Waals surface area contributed by atoms with Gasteiger partial charge in [0, 0.05) is 22.3 Å². The van der Waals surface area contributed by atoms with E-state index in [2.05, 4.69) is 31.4 Å². The first-order chi connectivity index (χ1) is 20.4. The van der Waals surface area contributed by atoms with Crippen LogP contribution in [0.1, 0.15) is 90.1 Å². The molecule has 0 bridgehead atoms. The number of fused-ring (bicyclic) bond motifs is 1. The highest BCUT2D eigenvalue weighted by Gasteiger charge is 2.41. The number of carbonyl (C=O) groups excluding carboxylic acids is 2. The molecule has 3 aliphatic rings. The average Bonchev–Trinajstić information content (AvgIpc) is 3.60. The zero-order chi connectivity index (χ0) is 29.4. The van der Waals surface area contributed by atoms with Crippen LogP contribution in [0.3, 0.4) is 0 Å². The molecule has 2 aromatic heterocycles. The van der Waals surface area contributed by atoms with Gasteiger partial charge in [-0.3, -0.25) is 9.69 Å². The molecular weight excluding hydrogens is 563 g/mol. The lowest BCUT2D eigenvalue weighted by molar-refractivity contribution is -0.124. The maximum absolute atomic E-state index is 14.1. The lowest BCUT2D eigenvalue weighted by Crippen LogP contribution is -2.44. The highest BCUT2D eigenvalue weighted by Crippen LogP contribution is 2.42. The van der Waals surface area contributed by atoms with Gasteiger partial charge in [0.15, 0.2) is 5.17 Å². The maximum Gasteiger partial charge on any atom is 0.341 e. The normalized spacial score (nSPS) is 22.7. The van der Waals surface area contributed by atoms with Crippen molar-refractivity contribution in [1.82, 2.24) is 9.47 Å². The molecule has 3 heterocycles. The lowest BCUT2D eigenvalue weighted by atomic mass is 9.85. The van der Waals surface area contributed by atoms with Gasteiger partial charge in [-0.1, -0.05) is 38.0 Å². The minimum absolute atomic E-state index is 0.0389. The number of hydrogen-bond acceptors (Lipinski definition) is 6. The van der Waals surface area contributed by atoms with Crippen molar-refractivity contribution < 1.29 is 14.3 Å². The van der Waals surface area contributed by atoms with Crippen molar-refractivity contribution in [1.29, 1.82) is 0 Å². The van der Waals surface area contributed by atoms with Crippen LogP contribution in [0.5, 0.6) is 0 Å². The number of aromatic nitrogens is 1. The van der Waals surface area contributed by atoms with Crippen molar-refractivity contribution in [3.8, 4) is 5.00 Å². The second-order valence-corrected chi connectivity index (χ2v) is 13.7. The van der Waals surface area contributed by atoms with Gasteiger partial charge >= 0.3 is 5.97 Å². The number of ether oxygens (including phenoxy) is 1. The van der Waals surface area contributed by atoms with Crippen molar-refractivity contribution in [2.75, 3.05) is 6.61 Å². The molecule has 42 heavy (non-hydrogen) atoms. The fourth-order valence-electron chi connectivity index (χ4n) is 6.66. The van der Waals surface area contributed by atoms with Crippen LogP contribution >= 0.6 is 23.1 Å². The molecule has 0 N–H and O–H groups in total. The quantitative estimate of drug-likeness (QED) is 0.210. The number of carbonyl (C=O) groups is 2. The molecule has 2 fully saturated rings. The lowest BCUT2D eigenvalue weighted by Gasteiger charge is -2.35. The van der Waals surface area contributed by atoms with Crippen LogP contribution in [-0.2, 0) is 22.4 Å². The zero-order valence-corrected chi connectivity index (χ0v) is 26.6. The van der Waals surface area contributed by atoms with Crippen molar-refractivity contribution in [3.63, 3.8) is 0 Å². The highest BCUT2D eigenvalue weighted by atomic mass is 32.2. The van der Waals surface area contributed by atoms with E-state index >= 15 is 0 Å². The van der Waals surface area contributed by atoms with E-state index in [0.29, 0.717) is 17.4 Å². The molecule has 0 unspecified atom stereocenters. The highest BCUT2D eigenvalue weighted by molar-refractivity contribution is 8.18. The number of rotatable bonds is 6. The SMILES string of the molecule is CCOC(=O)c1c(-n2c(C)cc(/C=C3\SC(=Nc4ccccc4)N([C@H]4CCCC[C@@H]4C)C3=O)c2C)sc2c1CCCC2. The fraction of sp³-hybridized carbons (Fsp3) is 0.441. The molecule has 8 heteroatoms. The van der Waals surface area contributed by atoms with Gasteiger partial charge in [-0.25, -0.2) is 9.79 Å². The van der Waals surface area contributed by atoms with Gasteiger partial charge in [-0.2, -0.15) is 0 Å². The summed E-state index contributed by atoms with van der Waals surface area (Å²) >= 11 is 3.19. The Bertz CT molecular complexity index is 1570. The number of thioether (sulfide) groups is 1. The molecule has 0 radical (unpaired) electrons.